The van der Waals surface area contributed by atoms with Crippen molar-refractivity contribution in [1.82, 2.24) is 0 Å². The van der Waals surface area contributed by atoms with Gasteiger partial charge in [0.1, 0.15) is 4.75 Å². The van der Waals surface area contributed by atoms with Gasteiger partial charge in [0.25, 0.3) is 0 Å². The second-order valence-electron chi connectivity index (χ2n) is 6.52. The number of hydrogen-bond acceptors (Lipinski definition) is 4. The van der Waals surface area contributed by atoms with Crippen molar-refractivity contribution in [2.24, 2.45) is 0 Å². The maximum atomic E-state index is 13.0. The van der Waals surface area contributed by atoms with Crippen molar-refractivity contribution >= 4 is 34.4 Å². The molecule has 1 atom stereocenters. The van der Waals surface area contributed by atoms with Crippen molar-refractivity contribution in [3.63, 3.8) is 0 Å². The zero-order valence-corrected chi connectivity index (χ0v) is 16.4. The predicted octanol–water partition coefficient (Wildman–Crippen LogP) is 4.17. The Balaban J connectivity index is 2.31. The van der Waals surface area contributed by atoms with E-state index in [1.807, 2.05) is 37.3 Å². The Labute approximate surface area is 163 Å². The van der Waals surface area contributed by atoms with Crippen molar-refractivity contribution in [3.05, 3.63) is 65.2 Å². The number of carboxylic acids is 1. The summed E-state index contributed by atoms with van der Waals surface area (Å²) in [5.41, 5.74) is 2.29. The molecule has 0 heterocycles. The lowest BCUT2D eigenvalue weighted by Gasteiger charge is -2.27. The van der Waals surface area contributed by atoms with Gasteiger partial charge in [0.15, 0.2) is 5.12 Å². The van der Waals surface area contributed by atoms with E-state index in [9.17, 15) is 19.5 Å². The Hall–Kier alpha value is -2.60. The standard InChI is InChI=1S/C21H23NO4S/c1-4-15-10-17(19(24)25)12-18(11-15)22-20(26)21(3,27-14(2)23)13-16-8-6-5-7-9-16/h5-12H,4,13H2,1-3H3,(H,22,26)(H,24,25). The number of carbonyl (C=O) groups excluding carboxylic acids is 2. The van der Waals surface area contributed by atoms with Crippen molar-refractivity contribution in [2.45, 2.75) is 38.4 Å². The topological polar surface area (TPSA) is 83.5 Å². The van der Waals surface area contributed by atoms with Gasteiger partial charge in [-0.05, 0) is 49.1 Å². The van der Waals surface area contributed by atoms with Crippen LogP contribution in [0, 0.1) is 0 Å². The molecule has 2 N–H and O–H groups in total. The summed E-state index contributed by atoms with van der Waals surface area (Å²) in [5, 5.41) is 11.9. The molecular weight excluding hydrogens is 362 g/mol. The number of rotatable bonds is 7. The third kappa shape index (κ3) is 5.69. The largest absolute Gasteiger partial charge is 0.478 e. The number of amides is 1. The number of thioether (sulfide) groups is 1. The highest BCUT2D eigenvalue weighted by molar-refractivity contribution is 8.15. The summed E-state index contributed by atoms with van der Waals surface area (Å²) in [6.45, 7) is 5.07. The van der Waals surface area contributed by atoms with Crippen LogP contribution in [-0.2, 0) is 22.4 Å². The number of nitrogens with one attached hydrogen (secondary N) is 1. The van der Waals surface area contributed by atoms with E-state index in [2.05, 4.69) is 5.32 Å². The van der Waals surface area contributed by atoms with Gasteiger partial charge in [0.05, 0.1) is 5.56 Å². The van der Waals surface area contributed by atoms with Gasteiger partial charge in [-0.2, -0.15) is 0 Å². The Morgan fingerprint density at radius 2 is 1.74 bits per heavy atom. The number of aromatic carboxylic acids is 1. The van der Waals surface area contributed by atoms with Crippen molar-refractivity contribution in [1.29, 1.82) is 0 Å². The molecule has 2 rings (SSSR count). The average molecular weight is 385 g/mol. The number of anilines is 1. The minimum absolute atomic E-state index is 0.119. The smallest absolute Gasteiger partial charge is 0.335 e. The first-order chi connectivity index (χ1) is 12.7. The summed E-state index contributed by atoms with van der Waals surface area (Å²) >= 11 is 0.977. The molecule has 6 heteroatoms. The van der Waals surface area contributed by atoms with Crippen LogP contribution in [0.25, 0.3) is 0 Å². The van der Waals surface area contributed by atoms with E-state index in [1.54, 1.807) is 19.1 Å². The normalized spacial score (nSPS) is 12.9. The lowest BCUT2D eigenvalue weighted by atomic mass is 9.99. The molecule has 0 aliphatic rings. The minimum atomic E-state index is -1.05. The fourth-order valence-corrected chi connectivity index (χ4v) is 3.84. The number of aryl methyl sites for hydroxylation is 1. The van der Waals surface area contributed by atoms with Crippen LogP contribution < -0.4 is 5.32 Å². The van der Waals surface area contributed by atoms with Gasteiger partial charge >= 0.3 is 5.97 Å². The van der Waals surface area contributed by atoms with Gasteiger partial charge in [-0.3, -0.25) is 9.59 Å². The van der Waals surface area contributed by atoms with E-state index in [-0.39, 0.29) is 16.6 Å². The fraction of sp³-hybridized carbons (Fsp3) is 0.286. The molecule has 0 aromatic heterocycles. The lowest BCUT2D eigenvalue weighted by molar-refractivity contribution is -0.118. The maximum Gasteiger partial charge on any atom is 0.335 e. The Morgan fingerprint density at radius 3 is 2.30 bits per heavy atom. The molecule has 0 bridgehead atoms. The molecule has 142 valence electrons. The second-order valence-corrected chi connectivity index (χ2v) is 8.20. The Kier molecular flexibility index (Phi) is 6.80. The Bertz CT molecular complexity index is 851. The number of carbonyl (C=O) groups is 3. The third-order valence-corrected chi connectivity index (χ3v) is 5.21. The zero-order valence-electron chi connectivity index (χ0n) is 15.6. The van der Waals surface area contributed by atoms with Gasteiger partial charge < -0.3 is 10.4 Å². The molecule has 1 amide bonds. The number of carboxylic acid groups (broad SMARTS) is 1. The van der Waals surface area contributed by atoms with Crippen LogP contribution in [0.15, 0.2) is 48.5 Å². The lowest BCUT2D eigenvalue weighted by Crippen LogP contribution is -2.40. The van der Waals surface area contributed by atoms with Gasteiger partial charge in [-0.25, -0.2) is 4.79 Å². The quantitative estimate of drug-likeness (QED) is 0.747. The number of benzene rings is 2. The van der Waals surface area contributed by atoms with Crippen LogP contribution in [0.4, 0.5) is 5.69 Å². The van der Waals surface area contributed by atoms with Crippen molar-refractivity contribution < 1.29 is 19.5 Å². The third-order valence-electron chi connectivity index (χ3n) is 4.14. The molecule has 0 saturated carbocycles. The first-order valence-corrected chi connectivity index (χ1v) is 9.47. The molecule has 0 saturated heterocycles. The second kappa shape index (κ2) is 8.86. The molecule has 2 aromatic carbocycles. The van der Waals surface area contributed by atoms with E-state index in [0.29, 0.717) is 18.5 Å². The number of hydrogen-bond donors (Lipinski definition) is 2. The van der Waals surface area contributed by atoms with Crippen LogP contribution in [0.1, 0.15) is 42.3 Å². The van der Waals surface area contributed by atoms with E-state index >= 15 is 0 Å². The molecule has 5 nitrogen and oxygen atoms in total. The van der Waals surface area contributed by atoms with E-state index < -0.39 is 10.7 Å². The maximum absolute atomic E-state index is 13.0. The highest BCUT2D eigenvalue weighted by Gasteiger charge is 2.36. The van der Waals surface area contributed by atoms with E-state index in [4.69, 9.17) is 0 Å². The highest BCUT2D eigenvalue weighted by atomic mass is 32.2. The summed E-state index contributed by atoms with van der Waals surface area (Å²) in [5.74, 6) is -1.39. The zero-order chi connectivity index (χ0) is 20.0. The van der Waals surface area contributed by atoms with Gasteiger partial charge in [-0.15, -0.1) is 0 Å². The molecule has 0 spiro atoms. The molecule has 0 aliphatic heterocycles. The van der Waals surface area contributed by atoms with Crippen LogP contribution in [0.5, 0.6) is 0 Å². The summed E-state index contributed by atoms with van der Waals surface area (Å²) in [6, 6.07) is 14.3. The van der Waals surface area contributed by atoms with Gasteiger partial charge in [-0.1, -0.05) is 49.0 Å². The van der Waals surface area contributed by atoms with Crippen LogP contribution in [0.3, 0.4) is 0 Å². The Morgan fingerprint density at radius 1 is 1.07 bits per heavy atom. The fourth-order valence-electron chi connectivity index (χ4n) is 2.82. The van der Waals surface area contributed by atoms with Gasteiger partial charge in [0, 0.05) is 12.6 Å². The first kappa shape index (κ1) is 20.7. The predicted molar refractivity (Wildman–Crippen MR) is 108 cm³/mol. The summed E-state index contributed by atoms with van der Waals surface area (Å²) < 4.78 is -1.02. The SMILES string of the molecule is CCc1cc(NC(=O)C(C)(Cc2ccccc2)SC(C)=O)cc(C(=O)O)c1. The summed E-state index contributed by atoms with van der Waals surface area (Å²) in [4.78, 5) is 36.1. The van der Waals surface area contributed by atoms with Crippen molar-refractivity contribution in [2.75, 3.05) is 5.32 Å². The molecular formula is C21H23NO4S. The molecule has 1 unspecified atom stereocenters. The molecule has 0 fully saturated rings. The van der Waals surface area contributed by atoms with Gasteiger partial charge in [0.2, 0.25) is 5.91 Å². The van der Waals surface area contributed by atoms with Crippen molar-refractivity contribution in [3.8, 4) is 0 Å². The molecule has 0 aliphatic carbocycles. The highest BCUT2D eigenvalue weighted by Crippen LogP contribution is 2.32. The van der Waals surface area contributed by atoms with E-state index in [0.717, 1.165) is 22.9 Å². The summed E-state index contributed by atoms with van der Waals surface area (Å²) in [7, 11) is 0. The molecule has 27 heavy (non-hydrogen) atoms. The first-order valence-electron chi connectivity index (χ1n) is 8.65. The van der Waals surface area contributed by atoms with Crippen LogP contribution in [-0.4, -0.2) is 26.8 Å². The van der Waals surface area contributed by atoms with Crippen LogP contribution >= 0.6 is 11.8 Å². The minimum Gasteiger partial charge on any atom is -0.478 e. The monoisotopic (exact) mass is 385 g/mol. The average Bonchev–Trinajstić information content (AvgIpc) is 2.61. The molecule has 2 aromatic rings. The van der Waals surface area contributed by atoms with E-state index in [1.165, 1.54) is 13.0 Å². The summed E-state index contributed by atoms with van der Waals surface area (Å²) in [6.07, 6.45) is 1.02. The van der Waals surface area contributed by atoms with Crippen LogP contribution in [0.2, 0.25) is 0 Å². The molecule has 0 radical (unpaired) electrons.